The number of piperidine rings is 1. The van der Waals surface area contributed by atoms with E-state index in [0.29, 0.717) is 18.7 Å². The Labute approximate surface area is 78.8 Å². The van der Waals surface area contributed by atoms with Gasteiger partial charge in [-0.15, -0.1) is 0 Å². The molecule has 2 rings (SSSR count). The van der Waals surface area contributed by atoms with Gasteiger partial charge in [-0.3, -0.25) is 4.90 Å². The van der Waals surface area contributed by atoms with E-state index < -0.39 is 0 Å². The van der Waals surface area contributed by atoms with E-state index >= 15 is 0 Å². The molecule has 0 radical (unpaired) electrons. The zero-order chi connectivity index (χ0) is 9.42. The molecular weight excluding hydrogens is 166 g/mol. The molecule has 1 heterocycles. The predicted molar refractivity (Wildman–Crippen MR) is 51.6 cm³/mol. The first-order chi connectivity index (χ1) is 6.22. The van der Waals surface area contributed by atoms with Crippen molar-refractivity contribution >= 4 is 6.02 Å². The Bertz CT molecular complexity index is 229. The fraction of sp³-hybridized carbons (Fsp3) is 0.889. The lowest BCUT2D eigenvalue weighted by Crippen LogP contribution is -2.34. The van der Waals surface area contributed by atoms with E-state index in [-0.39, 0.29) is 0 Å². The van der Waals surface area contributed by atoms with Gasteiger partial charge in [-0.1, -0.05) is 0 Å². The van der Waals surface area contributed by atoms with Crippen LogP contribution < -0.4 is 5.73 Å². The third kappa shape index (κ3) is 1.63. The summed E-state index contributed by atoms with van der Waals surface area (Å²) in [5, 5.41) is 0. The molecule has 74 valence electrons. The Morgan fingerprint density at radius 2 is 2.38 bits per heavy atom. The summed E-state index contributed by atoms with van der Waals surface area (Å²) in [6.45, 7) is 0.687. The highest BCUT2D eigenvalue weighted by molar-refractivity contribution is 5.71. The third-order valence-electron chi connectivity index (χ3n) is 3.20. The first kappa shape index (κ1) is 8.81. The second kappa shape index (κ2) is 3.18. The van der Waals surface area contributed by atoms with E-state index in [0.717, 1.165) is 12.0 Å². The molecule has 2 N–H and O–H groups in total. The summed E-state index contributed by atoms with van der Waals surface area (Å²) in [5.41, 5.74) is 5.45. The zero-order valence-corrected chi connectivity index (χ0v) is 8.23. The number of hydrogen-bond donors (Lipinski definition) is 1. The summed E-state index contributed by atoms with van der Waals surface area (Å²) in [7, 11) is 3.82. The topological polar surface area (TPSA) is 50.9 Å². The maximum Gasteiger partial charge on any atom is 0.281 e. The highest BCUT2D eigenvalue weighted by Gasteiger charge is 2.50. The van der Waals surface area contributed by atoms with Gasteiger partial charge in [0, 0.05) is 19.1 Å². The van der Waals surface area contributed by atoms with Crippen molar-refractivity contribution < 1.29 is 4.74 Å². The minimum Gasteiger partial charge on any atom is -0.464 e. The Kier molecular flexibility index (Phi) is 2.15. The van der Waals surface area contributed by atoms with Crippen LogP contribution in [-0.2, 0) is 4.74 Å². The maximum absolute atomic E-state index is 5.45. The third-order valence-corrected chi connectivity index (χ3v) is 3.20. The van der Waals surface area contributed by atoms with E-state index in [1.807, 2.05) is 0 Å². The van der Waals surface area contributed by atoms with Crippen LogP contribution in [0.4, 0.5) is 0 Å². The first-order valence-electron chi connectivity index (χ1n) is 4.79. The van der Waals surface area contributed by atoms with Crippen LogP contribution >= 0.6 is 0 Å². The van der Waals surface area contributed by atoms with Gasteiger partial charge in [0.25, 0.3) is 6.02 Å². The van der Waals surface area contributed by atoms with Crippen LogP contribution in [0.5, 0.6) is 0 Å². The average Bonchev–Trinajstić information content (AvgIpc) is 2.84. The van der Waals surface area contributed by atoms with Gasteiger partial charge >= 0.3 is 0 Å². The number of ether oxygens (including phenoxy) is 1. The Hall–Kier alpha value is -0.770. The van der Waals surface area contributed by atoms with Crippen LogP contribution in [-0.4, -0.2) is 43.7 Å². The molecular formula is C9H17N3O. The quantitative estimate of drug-likeness (QED) is 0.486. The number of fused-ring (bicyclic) bond motifs is 1. The van der Waals surface area contributed by atoms with Crippen molar-refractivity contribution in [3.63, 3.8) is 0 Å². The van der Waals surface area contributed by atoms with Gasteiger partial charge in [-0.25, -0.2) is 4.99 Å². The molecule has 0 bridgehead atoms. The van der Waals surface area contributed by atoms with Crippen molar-refractivity contribution in [1.82, 2.24) is 4.90 Å². The number of hydrogen-bond acceptors (Lipinski definition) is 3. The van der Waals surface area contributed by atoms with Gasteiger partial charge in [-0.05, 0) is 25.8 Å². The number of likely N-dealkylation sites (tertiary alicyclic amines) is 1. The monoisotopic (exact) mass is 183 g/mol. The number of rotatable bonds is 2. The van der Waals surface area contributed by atoms with Gasteiger partial charge < -0.3 is 10.5 Å². The van der Waals surface area contributed by atoms with Gasteiger partial charge in [0.05, 0.1) is 0 Å². The number of nitrogens with two attached hydrogens (primary N) is 1. The molecule has 2 fully saturated rings. The van der Waals surface area contributed by atoms with Crippen LogP contribution in [0.2, 0.25) is 0 Å². The normalized spacial score (nSPS) is 38.9. The molecule has 0 unspecified atom stereocenters. The fourth-order valence-corrected chi connectivity index (χ4v) is 2.20. The zero-order valence-electron chi connectivity index (χ0n) is 8.23. The summed E-state index contributed by atoms with van der Waals surface area (Å²) in [6.07, 6.45) is 2.64. The molecule has 0 aromatic rings. The van der Waals surface area contributed by atoms with E-state index in [9.17, 15) is 0 Å². The van der Waals surface area contributed by atoms with Gasteiger partial charge in [0.2, 0.25) is 0 Å². The average molecular weight is 183 g/mol. The SMILES string of the molecule is CN=C(N)OC[C@H]1C[C@H]2C[C@H]2N1C. The van der Waals surface area contributed by atoms with Crippen LogP contribution in [0.1, 0.15) is 12.8 Å². The van der Waals surface area contributed by atoms with Crippen LogP contribution in [0.3, 0.4) is 0 Å². The predicted octanol–water partition coefficient (Wildman–Crippen LogP) is 0.0401. The number of nitrogens with zero attached hydrogens (tertiary/aromatic N) is 2. The van der Waals surface area contributed by atoms with E-state index in [2.05, 4.69) is 16.9 Å². The molecule has 1 saturated heterocycles. The second-order valence-electron chi connectivity index (χ2n) is 3.99. The Balaban J connectivity index is 1.77. The summed E-state index contributed by atoms with van der Waals surface area (Å²) in [5.74, 6) is 0.929. The fourth-order valence-electron chi connectivity index (χ4n) is 2.20. The summed E-state index contributed by atoms with van der Waals surface area (Å²) < 4.78 is 5.30. The van der Waals surface area contributed by atoms with Crippen molar-refractivity contribution in [2.24, 2.45) is 16.6 Å². The highest BCUT2D eigenvalue weighted by atomic mass is 16.5. The minimum atomic E-state index is 0.300. The molecule has 3 atom stereocenters. The molecule has 0 aromatic heterocycles. The van der Waals surface area contributed by atoms with Crippen molar-refractivity contribution in [3.8, 4) is 0 Å². The van der Waals surface area contributed by atoms with Crippen molar-refractivity contribution in [2.75, 3.05) is 20.7 Å². The second-order valence-corrected chi connectivity index (χ2v) is 3.99. The van der Waals surface area contributed by atoms with E-state index in [1.54, 1.807) is 7.05 Å². The Morgan fingerprint density at radius 3 is 2.92 bits per heavy atom. The number of likely N-dealkylation sites (N-methyl/N-ethyl adjacent to an activating group) is 1. The van der Waals surface area contributed by atoms with E-state index in [4.69, 9.17) is 10.5 Å². The number of aliphatic imine (C=N–C) groups is 1. The lowest BCUT2D eigenvalue weighted by atomic mass is 10.2. The number of amidine groups is 1. The van der Waals surface area contributed by atoms with Crippen LogP contribution in [0.15, 0.2) is 4.99 Å². The maximum atomic E-state index is 5.45. The lowest BCUT2D eigenvalue weighted by Gasteiger charge is -2.22. The molecule has 13 heavy (non-hydrogen) atoms. The molecule has 1 aliphatic carbocycles. The molecule has 0 aromatic carbocycles. The molecule has 2 aliphatic rings. The smallest absolute Gasteiger partial charge is 0.281 e. The molecule has 1 saturated carbocycles. The van der Waals surface area contributed by atoms with Gasteiger partial charge in [-0.2, -0.15) is 0 Å². The van der Waals surface area contributed by atoms with Gasteiger partial charge in [0.15, 0.2) is 0 Å². The minimum absolute atomic E-state index is 0.300. The molecule has 0 spiro atoms. The van der Waals surface area contributed by atoms with Crippen LogP contribution in [0, 0.1) is 5.92 Å². The standard InChI is InChI=1S/C9H17N3O/c1-11-9(10)13-5-7-3-6-4-8(6)12(7)2/h6-8H,3-5H2,1-2H3,(H2,10,11)/t6-,7+,8+/m0/s1. The molecule has 1 aliphatic heterocycles. The largest absolute Gasteiger partial charge is 0.464 e. The Morgan fingerprint density at radius 1 is 1.62 bits per heavy atom. The summed E-state index contributed by atoms with van der Waals surface area (Å²) in [4.78, 5) is 6.17. The first-order valence-corrected chi connectivity index (χ1v) is 4.79. The van der Waals surface area contributed by atoms with Crippen molar-refractivity contribution in [2.45, 2.75) is 24.9 Å². The van der Waals surface area contributed by atoms with Crippen molar-refractivity contribution in [1.29, 1.82) is 0 Å². The molecule has 4 heteroatoms. The molecule has 4 nitrogen and oxygen atoms in total. The molecule has 0 amide bonds. The summed E-state index contributed by atoms with van der Waals surface area (Å²) >= 11 is 0. The van der Waals surface area contributed by atoms with Gasteiger partial charge in [0.1, 0.15) is 6.61 Å². The van der Waals surface area contributed by atoms with E-state index in [1.165, 1.54) is 12.8 Å². The summed E-state index contributed by atoms with van der Waals surface area (Å²) in [6, 6.07) is 1.67. The highest BCUT2D eigenvalue weighted by Crippen LogP contribution is 2.46. The van der Waals surface area contributed by atoms with Crippen LogP contribution in [0.25, 0.3) is 0 Å². The lowest BCUT2D eigenvalue weighted by molar-refractivity contribution is 0.167. The van der Waals surface area contributed by atoms with Crippen molar-refractivity contribution in [3.05, 3.63) is 0 Å².